The number of hydrogen-bond donors (Lipinski definition) is 2. The Bertz CT molecular complexity index is 1540. The molecule has 0 fully saturated rings. The van der Waals surface area contributed by atoms with Gasteiger partial charge in [0.25, 0.3) is 0 Å². The first-order valence-corrected chi connectivity index (χ1v) is 12.3. The maximum Gasteiger partial charge on any atom is 0.226 e. The smallest absolute Gasteiger partial charge is 0.226 e. The molecule has 6 heteroatoms. The number of fused-ring (bicyclic) bond motifs is 1. The Morgan fingerprint density at radius 1 is 1.00 bits per heavy atom. The minimum Gasteiger partial charge on any atom is -0.456 e. The van der Waals surface area contributed by atoms with Crippen molar-refractivity contribution in [2.45, 2.75) is 38.8 Å². The summed E-state index contributed by atoms with van der Waals surface area (Å²) in [7, 11) is 0. The standard InChI is InChI=1S/C31H29N3O3/c1-20-9-11-25(21(2)17-20)30(22-7-5-4-6-8-22)34-29(35)18-24-10-12-27-26(33-24)19-28(37-27)31(3,36)23-13-15-32-16-14-23/h4-17,19,30,36H,18H2,1-3H3,(H,34,35)/t30-,31?/m0/s1. The van der Waals surface area contributed by atoms with Crippen molar-refractivity contribution in [3.8, 4) is 0 Å². The number of nitrogens with zero attached hydrogens (tertiary/aromatic N) is 2. The molecule has 0 aliphatic heterocycles. The second-order valence-electron chi connectivity index (χ2n) is 9.55. The molecule has 3 aromatic heterocycles. The quantitative estimate of drug-likeness (QED) is 0.312. The van der Waals surface area contributed by atoms with Gasteiger partial charge >= 0.3 is 0 Å². The molecule has 0 radical (unpaired) electrons. The number of nitrogens with one attached hydrogen (secondary N) is 1. The lowest BCUT2D eigenvalue weighted by Gasteiger charge is -2.22. The van der Waals surface area contributed by atoms with E-state index in [4.69, 9.17) is 4.42 Å². The SMILES string of the molecule is Cc1ccc([C@@H](NC(=O)Cc2ccc3oc(C(C)(O)c4ccncc4)cc3n2)c2ccccc2)c(C)c1. The van der Waals surface area contributed by atoms with Crippen LogP contribution < -0.4 is 5.32 Å². The van der Waals surface area contributed by atoms with Crippen molar-refractivity contribution in [1.29, 1.82) is 0 Å². The summed E-state index contributed by atoms with van der Waals surface area (Å²) in [6, 6.07) is 24.8. The number of benzene rings is 2. The number of aryl methyl sites for hydroxylation is 2. The average Bonchev–Trinajstić information content (AvgIpc) is 3.33. The van der Waals surface area contributed by atoms with Gasteiger partial charge in [0.15, 0.2) is 5.58 Å². The van der Waals surface area contributed by atoms with Gasteiger partial charge in [-0.3, -0.25) is 9.78 Å². The van der Waals surface area contributed by atoms with E-state index in [0.717, 1.165) is 16.7 Å². The van der Waals surface area contributed by atoms with Crippen molar-refractivity contribution in [3.05, 3.63) is 131 Å². The number of aromatic nitrogens is 2. The van der Waals surface area contributed by atoms with E-state index in [1.807, 2.05) is 30.3 Å². The molecule has 1 unspecified atom stereocenters. The van der Waals surface area contributed by atoms with Gasteiger partial charge in [-0.05, 0) is 67.3 Å². The normalized spacial score (nSPS) is 13.7. The van der Waals surface area contributed by atoms with Crippen LogP contribution in [0.1, 0.15) is 52.2 Å². The van der Waals surface area contributed by atoms with Crippen molar-refractivity contribution in [2.75, 3.05) is 0 Å². The van der Waals surface area contributed by atoms with Crippen molar-refractivity contribution in [2.24, 2.45) is 0 Å². The fourth-order valence-electron chi connectivity index (χ4n) is 4.64. The summed E-state index contributed by atoms with van der Waals surface area (Å²) in [5.74, 6) is 0.245. The Balaban J connectivity index is 1.38. The summed E-state index contributed by atoms with van der Waals surface area (Å²) in [6.07, 6.45) is 3.37. The molecular formula is C31H29N3O3. The van der Waals surface area contributed by atoms with Crippen molar-refractivity contribution in [3.63, 3.8) is 0 Å². The molecule has 0 aliphatic carbocycles. The summed E-state index contributed by atoms with van der Waals surface area (Å²) in [6.45, 7) is 5.80. The summed E-state index contributed by atoms with van der Waals surface area (Å²) in [4.78, 5) is 21.9. The highest BCUT2D eigenvalue weighted by atomic mass is 16.4. The predicted octanol–water partition coefficient (Wildman–Crippen LogP) is 5.54. The Morgan fingerprint density at radius 3 is 2.49 bits per heavy atom. The van der Waals surface area contributed by atoms with Gasteiger partial charge in [-0.15, -0.1) is 0 Å². The Labute approximate surface area is 216 Å². The minimum atomic E-state index is -1.34. The fourth-order valence-corrected chi connectivity index (χ4v) is 4.64. The zero-order chi connectivity index (χ0) is 26.0. The lowest BCUT2D eigenvalue weighted by atomic mass is 9.93. The van der Waals surface area contributed by atoms with E-state index >= 15 is 0 Å². The van der Waals surface area contributed by atoms with Crippen LogP contribution in [0.15, 0.2) is 95.7 Å². The van der Waals surface area contributed by atoms with E-state index in [2.05, 4.69) is 47.3 Å². The van der Waals surface area contributed by atoms with Crippen LogP contribution in [0, 0.1) is 13.8 Å². The summed E-state index contributed by atoms with van der Waals surface area (Å²) in [5.41, 5.74) is 5.47. The van der Waals surface area contributed by atoms with Crippen LogP contribution in [-0.4, -0.2) is 21.0 Å². The molecule has 3 heterocycles. The van der Waals surface area contributed by atoms with Gasteiger partial charge < -0.3 is 14.8 Å². The highest BCUT2D eigenvalue weighted by molar-refractivity contribution is 5.81. The van der Waals surface area contributed by atoms with E-state index in [-0.39, 0.29) is 18.4 Å². The minimum absolute atomic E-state index is 0.117. The van der Waals surface area contributed by atoms with E-state index in [0.29, 0.717) is 28.1 Å². The predicted molar refractivity (Wildman–Crippen MR) is 143 cm³/mol. The monoisotopic (exact) mass is 491 g/mol. The zero-order valence-corrected chi connectivity index (χ0v) is 21.1. The van der Waals surface area contributed by atoms with Crippen molar-refractivity contribution >= 4 is 17.0 Å². The first-order chi connectivity index (χ1) is 17.8. The molecule has 6 nitrogen and oxygen atoms in total. The maximum absolute atomic E-state index is 13.2. The number of rotatable bonds is 7. The Morgan fingerprint density at radius 2 is 1.76 bits per heavy atom. The highest BCUT2D eigenvalue weighted by Gasteiger charge is 2.30. The number of pyridine rings is 2. The molecule has 0 aliphatic rings. The highest BCUT2D eigenvalue weighted by Crippen LogP contribution is 2.32. The second-order valence-corrected chi connectivity index (χ2v) is 9.55. The molecule has 5 rings (SSSR count). The Hall–Kier alpha value is -4.29. The van der Waals surface area contributed by atoms with Crippen molar-refractivity contribution in [1.82, 2.24) is 15.3 Å². The van der Waals surface area contributed by atoms with Crippen LogP contribution >= 0.6 is 0 Å². The fraction of sp³-hybridized carbons (Fsp3) is 0.194. The third-order valence-corrected chi connectivity index (χ3v) is 6.67. The van der Waals surface area contributed by atoms with Crippen LogP contribution in [0.3, 0.4) is 0 Å². The number of amides is 1. The second kappa shape index (κ2) is 9.99. The van der Waals surface area contributed by atoms with E-state index < -0.39 is 5.60 Å². The van der Waals surface area contributed by atoms with Crippen LogP contribution in [-0.2, 0) is 16.8 Å². The number of aliphatic hydroxyl groups is 1. The van der Waals surface area contributed by atoms with E-state index in [1.165, 1.54) is 5.56 Å². The molecule has 0 bridgehead atoms. The van der Waals surface area contributed by atoms with Gasteiger partial charge in [-0.25, -0.2) is 4.98 Å². The van der Waals surface area contributed by atoms with E-state index in [1.54, 1.807) is 49.6 Å². The number of furan rings is 1. The molecular weight excluding hydrogens is 462 g/mol. The molecule has 0 saturated heterocycles. The summed E-state index contributed by atoms with van der Waals surface area (Å²) < 4.78 is 5.92. The molecule has 5 aromatic rings. The topological polar surface area (TPSA) is 88.2 Å². The van der Waals surface area contributed by atoms with Crippen LogP contribution in [0.2, 0.25) is 0 Å². The van der Waals surface area contributed by atoms with Gasteiger partial charge in [0.05, 0.1) is 18.2 Å². The molecule has 2 aromatic carbocycles. The van der Waals surface area contributed by atoms with Crippen molar-refractivity contribution < 1.29 is 14.3 Å². The van der Waals surface area contributed by atoms with Crippen LogP contribution in [0.25, 0.3) is 11.1 Å². The molecule has 186 valence electrons. The lowest BCUT2D eigenvalue weighted by molar-refractivity contribution is -0.121. The van der Waals surface area contributed by atoms with Gasteiger partial charge in [-0.1, -0.05) is 54.1 Å². The molecule has 2 N–H and O–H groups in total. The van der Waals surface area contributed by atoms with Crippen LogP contribution in [0.5, 0.6) is 0 Å². The van der Waals surface area contributed by atoms with Gasteiger partial charge in [-0.2, -0.15) is 0 Å². The molecule has 2 atom stereocenters. The van der Waals surface area contributed by atoms with Gasteiger partial charge in [0, 0.05) is 18.5 Å². The molecule has 0 spiro atoms. The molecule has 1 amide bonds. The molecule has 0 saturated carbocycles. The lowest BCUT2D eigenvalue weighted by Crippen LogP contribution is -2.31. The number of hydrogen-bond acceptors (Lipinski definition) is 5. The number of carbonyl (C=O) groups excluding carboxylic acids is 1. The first-order valence-electron chi connectivity index (χ1n) is 12.3. The first kappa shape index (κ1) is 24.4. The third kappa shape index (κ3) is 5.15. The maximum atomic E-state index is 13.2. The Kier molecular flexibility index (Phi) is 6.59. The van der Waals surface area contributed by atoms with Crippen LogP contribution in [0.4, 0.5) is 0 Å². The molecule has 37 heavy (non-hydrogen) atoms. The largest absolute Gasteiger partial charge is 0.456 e. The van der Waals surface area contributed by atoms with Gasteiger partial charge in [0.2, 0.25) is 5.91 Å². The summed E-state index contributed by atoms with van der Waals surface area (Å²) >= 11 is 0. The summed E-state index contributed by atoms with van der Waals surface area (Å²) in [5, 5.41) is 14.3. The zero-order valence-electron chi connectivity index (χ0n) is 21.1. The van der Waals surface area contributed by atoms with E-state index in [9.17, 15) is 9.90 Å². The third-order valence-electron chi connectivity index (χ3n) is 6.67. The van der Waals surface area contributed by atoms with Gasteiger partial charge in [0.1, 0.15) is 16.9 Å². The average molecular weight is 492 g/mol. The number of carbonyl (C=O) groups is 1.